The van der Waals surface area contributed by atoms with Crippen LogP contribution in [0.4, 0.5) is 0 Å². The number of nitrogens with zero attached hydrogens (tertiary/aromatic N) is 2. The molecule has 1 aliphatic heterocycles. The summed E-state index contributed by atoms with van der Waals surface area (Å²) in [6.07, 6.45) is 1.53. The number of furan rings is 1. The van der Waals surface area contributed by atoms with Crippen LogP contribution in [0.5, 0.6) is 5.75 Å². The minimum absolute atomic E-state index is 0.0180. The van der Waals surface area contributed by atoms with Crippen molar-refractivity contribution in [1.82, 2.24) is 4.90 Å². The zero-order chi connectivity index (χ0) is 24.4. The predicted octanol–water partition coefficient (Wildman–Crippen LogP) is 6.05. The number of hydrogen-bond donors (Lipinski definition) is 0. The van der Waals surface area contributed by atoms with Crippen molar-refractivity contribution in [3.05, 3.63) is 92.7 Å². The molecule has 0 N–H and O–H groups in total. The van der Waals surface area contributed by atoms with Crippen LogP contribution in [-0.4, -0.2) is 23.8 Å². The van der Waals surface area contributed by atoms with Gasteiger partial charge in [0.15, 0.2) is 0 Å². The van der Waals surface area contributed by atoms with Crippen molar-refractivity contribution in [2.24, 2.45) is 0 Å². The van der Waals surface area contributed by atoms with Crippen molar-refractivity contribution in [2.45, 2.75) is 13.5 Å². The molecule has 0 aliphatic carbocycles. The topological polar surface area (TPSA) is 83.5 Å². The van der Waals surface area contributed by atoms with Gasteiger partial charge in [-0.1, -0.05) is 35.3 Å². The normalized spacial score (nSPS) is 15.1. The van der Waals surface area contributed by atoms with E-state index in [2.05, 4.69) is 0 Å². The van der Waals surface area contributed by atoms with Crippen LogP contribution in [0, 0.1) is 11.3 Å². The average Bonchev–Trinajstić information content (AvgIpc) is 3.31. The van der Waals surface area contributed by atoms with Gasteiger partial charge in [-0.3, -0.25) is 14.5 Å². The van der Waals surface area contributed by atoms with Gasteiger partial charge in [0.2, 0.25) is 0 Å². The number of hydrogen-bond acceptors (Lipinski definition) is 5. The molecule has 2 heterocycles. The lowest BCUT2D eigenvalue weighted by atomic mass is 9.94. The minimum atomic E-state index is -0.631. The smallest absolute Gasteiger partial charge is 0.271 e. The van der Waals surface area contributed by atoms with E-state index in [1.54, 1.807) is 68.6 Å². The maximum Gasteiger partial charge on any atom is 0.271 e. The van der Waals surface area contributed by atoms with E-state index in [1.165, 1.54) is 6.08 Å². The van der Waals surface area contributed by atoms with E-state index in [4.69, 9.17) is 32.4 Å². The number of carbonyl (C=O) groups is 2. The van der Waals surface area contributed by atoms with E-state index in [0.717, 1.165) is 16.0 Å². The van der Waals surface area contributed by atoms with Crippen LogP contribution < -0.4 is 4.74 Å². The number of nitriles is 1. The average molecular weight is 493 g/mol. The van der Waals surface area contributed by atoms with Crippen molar-refractivity contribution < 1.29 is 18.7 Å². The SMILES string of the molecule is COc1ccc(CN2C(=O)C(C#N)=C(C)/C(=C\c3ccc(-c4ccc(Cl)c(Cl)c4)o3)C2=O)cc1. The molecule has 170 valence electrons. The minimum Gasteiger partial charge on any atom is -0.497 e. The molecule has 3 aromatic rings. The Balaban J connectivity index is 1.68. The fraction of sp³-hybridized carbons (Fsp3) is 0.115. The Kier molecular flexibility index (Phi) is 6.60. The number of imide groups is 1. The second-order valence-electron chi connectivity index (χ2n) is 7.55. The molecule has 0 radical (unpaired) electrons. The second kappa shape index (κ2) is 9.60. The number of carbonyl (C=O) groups excluding carboxylic acids is 2. The first kappa shape index (κ1) is 23.4. The Morgan fingerprint density at radius 3 is 2.41 bits per heavy atom. The van der Waals surface area contributed by atoms with E-state index >= 15 is 0 Å². The molecule has 8 heteroatoms. The number of halogens is 2. The highest BCUT2D eigenvalue weighted by atomic mass is 35.5. The fourth-order valence-corrected chi connectivity index (χ4v) is 3.86. The summed E-state index contributed by atoms with van der Waals surface area (Å²) in [5, 5.41) is 10.4. The van der Waals surface area contributed by atoms with E-state index in [1.807, 2.05) is 6.07 Å². The summed E-state index contributed by atoms with van der Waals surface area (Å²) < 4.78 is 11.0. The van der Waals surface area contributed by atoms with Crippen molar-refractivity contribution in [2.75, 3.05) is 7.11 Å². The van der Waals surface area contributed by atoms with Gasteiger partial charge < -0.3 is 9.15 Å². The first-order chi connectivity index (χ1) is 16.3. The zero-order valence-electron chi connectivity index (χ0n) is 18.3. The van der Waals surface area contributed by atoms with Gasteiger partial charge in [0.05, 0.1) is 23.7 Å². The summed E-state index contributed by atoms with van der Waals surface area (Å²) in [5.41, 5.74) is 1.86. The monoisotopic (exact) mass is 492 g/mol. The quantitative estimate of drug-likeness (QED) is 0.319. The molecular weight excluding hydrogens is 475 g/mol. The maximum atomic E-state index is 13.3. The van der Waals surface area contributed by atoms with Gasteiger partial charge in [-0.2, -0.15) is 5.26 Å². The standard InChI is InChI=1S/C26H18Cl2N2O4/c1-15-20(12-19-8-10-24(34-19)17-5-9-22(27)23(28)11-17)25(31)30(26(32)21(15)13-29)14-16-3-6-18(33-2)7-4-16/h3-12H,14H2,1-2H3/b20-12+. The molecule has 0 atom stereocenters. The van der Waals surface area contributed by atoms with Crippen molar-refractivity contribution in [3.8, 4) is 23.1 Å². The van der Waals surface area contributed by atoms with Gasteiger partial charge in [-0.15, -0.1) is 0 Å². The highest BCUT2D eigenvalue weighted by Crippen LogP contribution is 2.32. The highest BCUT2D eigenvalue weighted by molar-refractivity contribution is 6.42. The number of methoxy groups -OCH3 is 1. The van der Waals surface area contributed by atoms with Gasteiger partial charge in [-0.25, -0.2) is 0 Å². The van der Waals surface area contributed by atoms with E-state index in [-0.39, 0.29) is 17.7 Å². The van der Waals surface area contributed by atoms with Crippen LogP contribution in [0.25, 0.3) is 17.4 Å². The van der Waals surface area contributed by atoms with E-state index < -0.39 is 11.8 Å². The first-order valence-electron chi connectivity index (χ1n) is 10.2. The molecule has 34 heavy (non-hydrogen) atoms. The summed E-state index contributed by atoms with van der Waals surface area (Å²) in [5.74, 6) is 0.435. The predicted molar refractivity (Wildman–Crippen MR) is 129 cm³/mol. The van der Waals surface area contributed by atoms with Crippen molar-refractivity contribution in [1.29, 1.82) is 5.26 Å². The van der Waals surface area contributed by atoms with Crippen LogP contribution in [0.3, 0.4) is 0 Å². The largest absolute Gasteiger partial charge is 0.497 e. The molecule has 0 saturated carbocycles. The Morgan fingerprint density at radius 1 is 1.03 bits per heavy atom. The molecular formula is C26H18Cl2N2O4. The number of amides is 2. The molecule has 4 rings (SSSR count). The lowest BCUT2D eigenvalue weighted by molar-refractivity contribution is -0.141. The molecule has 0 spiro atoms. The Morgan fingerprint density at radius 2 is 1.76 bits per heavy atom. The van der Waals surface area contributed by atoms with E-state index in [9.17, 15) is 14.9 Å². The van der Waals surface area contributed by atoms with Crippen LogP contribution >= 0.6 is 23.2 Å². The summed E-state index contributed by atoms with van der Waals surface area (Å²) >= 11 is 12.1. The molecule has 0 saturated heterocycles. The molecule has 0 unspecified atom stereocenters. The van der Waals surface area contributed by atoms with Gasteiger partial charge in [0, 0.05) is 11.1 Å². The molecule has 0 fully saturated rings. The number of rotatable bonds is 5. The van der Waals surface area contributed by atoms with Gasteiger partial charge in [-0.05, 0) is 66.6 Å². The first-order valence-corrected chi connectivity index (χ1v) is 11.0. The van der Waals surface area contributed by atoms with Gasteiger partial charge in [0.1, 0.15) is 28.9 Å². The van der Waals surface area contributed by atoms with Crippen molar-refractivity contribution in [3.63, 3.8) is 0 Å². The zero-order valence-corrected chi connectivity index (χ0v) is 19.8. The summed E-state index contributed by atoms with van der Waals surface area (Å²) in [6.45, 7) is 1.60. The molecule has 2 aromatic carbocycles. The van der Waals surface area contributed by atoms with Crippen LogP contribution in [0.15, 0.2) is 75.7 Å². The third-order valence-corrected chi connectivity index (χ3v) is 6.18. The molecule has 1 aliphatic rings. The van der Waals surface area contributed by atoms with Crippen LogP contribution in [0.2, 0.25) is 10.0 Å². The van der Waals surface area contributed by atoms with Gasteiger partial charge >= 0.3 is 0 Å². The second-order valence-corrected chi connectivity index (χ2v) is 8.36. The molecule has 6 nitrogen and oxygen atoms in total. The summed E-state index contributed by atoms with van der Waals surface area (Å²) in [4.78, 5) is 27.2. The summed E-state index contributed by atoms with van der Waals surface area (Å²) in [7, 11) is 1.55. The molecule has 0 bridgehead atoms. The van der Waals surface area contributed by atoms with E-state index in [0.29, 0.717) is 32.9 Å². The lowest BCUT2D eigenvalue weighted by Crippen LogP contribution is -2.42. The third kappa shape index (κ3) is 4.49. The molecule has 2 amide bonds. The maximum absolute atomic E-state index is 13.3. The third-order valence-electron chi connectivity index (χ3n) is 5.44. The lowest BCUT2D eigenvalue weighted by Gasteiger charge is -2.27. The molecule has 1 aromatic heterocycles. The Hall–Kier alpha value is -3.79. The van der Waals surface area contributed by atoms with Crippen molar-refractivity contribution >= 4 is 41.1 Å². The number of ether oxygens (including phenoxy) is 1. The van der Waals surface area contributed by atoms with Gasteiger partial charge in [0.25, 0.3) is 11.8 Å². The van der Waals surface area contributed by atoms with Crippen LogP contribution in [-0.2, 0) is 16.1 Å². The number of benzene rings is 2. The Bertz CT molecular complexity index is 1390. The fourth-order valence-electron chi connectivity index (χ4n) is 3.56. The summed E-state index contributed by atoms with van der Waals surface area (Å²) in [6, 6.07) is 17.5. The Labute approximate surface area is 206 Å². The van der Waals surface area contributed by atoms with Crippen LogP contribution in [0.1, 0.15) is 18.2 Å². The highest BCUT2D eigenvalue weighted by Gasteiger charge is 2.35.